The van der Waals surface area contributed by atoms with Gasteiger partial charge >= 0.3 is 0 Å². The number of nitrogens with one attached hydrogen (secondary N) is 1. The molecule has 5 rings (SSSR count). The molecule has 0 aliphatic rings. The molecule has 6 nitrogen and oxygen atoms in total. The number of aromatic nitrogens is 4. The van der Waals surface area contributed by atoms with Gasteiger partial charge in [-0.2, -0.15) is 5.26 Å². The van der Waals surface area contributed by atoms with E-state index in [1.165, 1.54) is 0 Å². The second-order valence-electron chi connectivity index (χ2n) is 8.08. The number of para-hydroxylation sites is 2. The highest BCUT2D eigenvalue weighted by molar-refractivity contribution is 6.30. The molecule has 0 saturated heterocycles. The summed E-state index contributed by atoms with van der Waals surface area (Å²) in [6.07, 6.45) is 7.22. The molecule has 0 aliphatic heterocycles. The number of benzene rings is 2. The van der Waals surface area contributed by atoms with Crippen LogP contribution in [0.5, 0.6) is 0 Å². The summed E-state index contributed by atoms with van der Waals surface area (Å²) >= 11 is 6.11. The monoisotopic (exact) mass is 454 g/mol. The van der Waals surface area contributed by atoms with Crippen LogP contribution in [0, 0.1) is 18.3 Å². The molecule has 0 unspecified atom stereocenters. The molecule has 0 amide bonds. The summed E-state index contributed by atoms with van der Waals surface area (Å²) in [5.74, 6) is 0.982. The van der Waals surface area contributed by atoms with Crippen molar-refractivity contribution in [2.24, 2.45) is 0 Å². The Morgan fingerprint density at radius 3 is 2.70 bits per heavy atom. The van der Waals surface area contributed by atoms with Crippen molar-refractivity contribution in [1.29, 1.82) is 5.26 Å². The van der Waals surface area contributed by atoms with Gasteiger partial charge in [0.05, 0.1) is 22.9 Å². The molecule has 164 valence electrons. The van der Waals surface area contributed by atoms with Crippen LogP contribution in [0.25, 0.3) is 16.7 Å². The Morgan fingerprint density at radius 2 is 1.94 bits per heavy atom. The van der Waals surface area contributed by atoms with Gasteiger partial charge in [0.15, 0.2) is 5.65 Å². The highest BCUT2D eigenvalue weighted by Gasteiger charge is 2.20. The van der Waals surface area contributed by atoms with Crippen molar-refractivity contribution in [3.8, 4) is 6.07 Å². The molecule has 5 aromatic rings. The van der Waals surface area contributed by atoms with E-state index in [-0.39, 0.29) is 0 Å². The fraction of sp³-hybridized carbons (Fsp3) is 0.192. The Kier molecular flexibility index (Phi) is 5.72. The lowest BCUT2D eigenvalue weighted by Crippen LogP contribution is -2.14. The number of halogens is 1. The summed E-state index contributed by atoms with van der Waals surface area (Å²) < 4.78 is 4.17. The third-order valence-electron chi connectivity index (χ3n) is 5.97. The number of aryl methyl sites for hydroxylation is 1. The lowest BCUT2D eigenvalue weighted by Gasteiger charge is -2.19. The summed E-state index contributed by atoms with van der Waals surface area (Å²) in [5, 5.41) is 14.4. The lowest BCUT2D eigenvalue weighted by molar-refractivity contribution is 0.659. The SMILES string of the molecule is Cc1c(Cc2ccc(Cl)cc2)c(NCCCn2ccnc2)n2c(nc3ccccc32)c1C#N. The number of nitriles is 1. The van der Waals surface area contributed by atoms with Crippen LogP contribution in [0.15, 0.2) is 67.3 Å². The van der Waals surface area contributed by atoms with Gasteiger partial charge in [-0.25, -0.2) is 9.97 Å². The fourth-order valence-electron chi connectivity index (χ4n) is 4.28. The van der Waals surface area contributed by atoms with E-state index in [2.05, 4.69) is 31.4 Å². The summed E-state index contributed by atoms with van der Waals surface area (Å²) in [7, 11) is 0. The lowest BCUT2D eigenvalue weighted by atomic mass is 9.97. The fourth-order valence-corrected chi connectivity index (χ4v) is 4.41. The molecule has 3 heterocycles. The van der Waals surface area contributed by atoms with Crippen LogP contribution in [-0.4, -0.2) is 25.5 Å². The van der Waals surface area contributed by atoms with Gasteiger partial charge in [0.1, 0.15) is 11.9 Å². The quantitative estimate of drug-likeness (QED) is 0.324. The van der Waals surface area contributed by atoms with Crippen molar-refractivity contribution in [2.75, 3.05) is 11.9 Å². The van der Waals surface area contributed by atoms with Crippen LogP contribution in [0.1, 0.15) is 28.7 Å². The van der Waals surface area contributed by atoms with E-state index in [4.69, 9.17) is 16.6 Å². The predicted molar refractivity (Wildman–Crippen MR) is 132 cm³/mol. The molecule has 0 radical (unpaired) electrons. The van der Waals surface area contributed by atoms with E-state index < -0.39 is 0 Å². The Hall–Kier alpha value is -3.82. The second-order valence-corrected chi connectivity index (χ2v) is 8.52. The first-order valence-corrected chi connectivity index (χ1v) is 11.3. The minimum atomic E-state index is 0.610. The Morgan fingerprint density at radius 1 is 1.12 bits per heavy atom. The first-order chi connectivity index (χ1) is 16.2. The first-order valence-electron chi connectivity index (χ1n) is 10.9. The maximum absolute atomic E-state index is 10.0. The summed E-state index contributed by atoms with van der Waals surface area (Å²) in [5.41, 5.74) is 6.33. The van der Waals surface area contributed by atoms with Crippen molar-refractivity contribution in [1.82, 2.24) is 18.9 Å². The van der Waals surface area contributed by atoms with Crippen LogP contribution in [0.4, 0.5) is 5.82 Å². The van der Waals surface area contributed by atoms with Gasteiger partial charge < -0.3 is 9.88 Å². The molecule has 2 aromatic carbocycles. The zero-order valence-corrected chi connectivity index (χ0v) is 19.0. The van der Waals surface area contributed by atoms with Crippen LogP contribution < -0.4 is 5.32 Å². The molecule has 1 N–H and O–H groups in total. The zero-order valence-electron chi connectivity index (χ0n) is 18.3. The maximum Gasteiger partial charge on any atom is 0.157 e. The highest BCUT2D eigenvalue weighted by atomic mass is 35.5. The largest absolute Gasteiger partial charge is 0.371 e. The van der Waals surface area contributed by atoms with Gasteiger partial charge in [-0.3, -0.25) is 4.40 Å². The van der Waals surface area contributed by atoms with E-state index in [1.807, 2.05) is 61.9 Å². The molecule has 0 aliphatic carbocycles. The van der Waals surface area contributed by atoms with Crippen LogP contribution in [0.2, 0.25) is 5.02 Å². The zero-order chi connectivity index (χ0) is 22.8. The van der Waals surface area contributed by atoms with Gasteiger partial charge in [-0.15, -0.1) is 0 Å². The highest BCUT2D eigenvalue weighted by Crippen LogP contribution is 2.32. The molecule has 0 spiro atoms. The molecular formula is C26H23ClN6. The van der Waals surface area contributed by atoms with Crippen LogP contribution >= 0.6 is 11.6 Å². The number of imidazole rings is 2. The molecule has 7 heteroatoms. The Labute approximate surface area is 197 Å². The Bertz CT molecular complexity index is 1460. The molecule has 0 bridgehead atoms. The number of rotatable bonds is 7. The van der Waals surface area contributed by atoms with Crippen molar-refractivity contribution in [3.05, 3.63) is 94.5 Å². The third-order valence-corrected chi connectivity index (χ3v) is 6.22. The van der Waals surface area contributed by atoms with E-state index in [0.717, 1.165) is 53.1 Å². The molecular weight excluding hydrogens is 432 g/mol. The summed E-state index contributed by atoms with van der Waals surface area (Å²) in [6.45, 7) is 3.67. The predicted octanol–water partition coefficient (Wildman–Crippen LogP) is 5.61. The number of hydrogen-bond donors (Lipinski definition) is 1. The van der Waals surface area contributed by atoms with Gasteiger partial charge in [0, 0.05) is 42.5 Å². The first kappa shape index (κ1) is 21.0. The second kappa shape index (κ2) is 8.97. The van der Waals surface area contributed by atoms with E-state index in [0.29, 0.717) is 22.7 Å². The molecule has 3 aromatic heterocycles. The number of hydrogen-bond acceptors (Lipinski definition) is 4. The smallest absolute Gasteiger partial charge is 0.157 e. The van der Waals surface area contributed by atoms with Crippen LogP contribution in [-0.2, 0) is 13.0 Å². The molecule has 0 fully saturated rings. The average Bonchev–Trinajstić information content (AvgIpc) is 3.48. The summed E-state index contributed by atoms with van der Waals surface area (Å²) in [6, 6.07) is 18.3. The van der Waals surface area contributed by atoms with Crippen LogP contribution in [0.3, 0.4) is 0 Å². The van der Waals surface area contributed by atoms with E-state index >= 15 is 0 Å². The normalized spacial score (nSPS) is 11.2. The molecule has 0 atom stereocenters. The topological polar surface area (TPSA) is 70.9 Å². The summed E-state index contributed by atoms with van der Waals surface area (Å²) in [4.78, 5) is 8.92. The van der Waals surface area contributed by atoms with Crippen molar-refractivity contribution in [3.63, 3.8) is 0 Å². The van der Waals surface area contributed by atoms with Crippen molar-refractivity contribution < 1.29 is 0 Å². The van der Waals surface area contributed by atoms with Gasteiger partial charge in [0.2, 0.25) is 0 Å². The number of fused-ring (bicyclic) bond motifs is 3. The van der Waals surface area contributed by atoms with Gasteiger partial charge in [-0.1, -0.05) is 35.9 Å². The van der Waals surface area contributed by atoms with Crippen molar-refractivity contribution in [2.45, 2.75) is 26.3 Å². The maximum atomic E-state index is 10.0. The Balaban J connectivity index is 1.62. The minimum absolute atomic E-state index is 0.610. The number of nitrogens with zero attached hydrogens (tertiary/aromatic N) is 5. The minimum Gasteiger partial charge on any atom is -0.371 e. The van der Waals surface area contributed by atoms with E-state index in [1.54, 1.807) is 6.20 Å². The number of anilines is 1. The number of pyridine rings is 1. The average molecular weight is 455 g/mol. The molecule has 0 saturated carbocycles. The standard InChI is InChI=1S/C26H23ClN6/c1-18-21(15-19-7-9-20(27)10-8-19)25(30-11-4-13-32-14-12-29-17-32)33-24-6-3-2-5-23(24)31-26(33)22(18)16-28/h2-3,5-10,12,14,17,30H,4,11,13,15H2,1H3. The third kappa shape index (κ3) is 4.04. The molecule has 33 heavy (non-hydrogen) atoms. The van der Waals surface area contributed by atoms with Gasteiger partial charge in [-0.05, 0) is 48.7 Å². The van der Waals surface area contributed by atoms with E-state index in [9.17, 15) is 5.26 Å². The van der Waals surface area contributed by atoms with Gasteiger partial charge in [0.25, 0.3) is 0 Å². The van der Waals surface area contributed by atoms with Crippen molar-refractivity contribution >= 4 is 34.1 Å².